The van der Waals surface area contributed by atoms with Crippen molar-refractivity contribution in [3.63, 3.8) is 0 Å². The summed E-state index contributed by atoms with van der Waals surface area (Å²) in [5, 5.41) is 11.0. The number of rotatable bonds is 5. The van der Waals surface area contributed by atoms with Crippen LogP contribution in [0.5, 0.6) is 0 Å². The van der Waals surface area contributed by atoms with Crippen LogP contribution in [0.1, 0.15) is 52.9 Å². The van der Waals surface area contributed by atoms with Crippen molar-refractivity contribution >= 4 is 17.9 Å². The highest BCUT2D eigenvalue weighted by molar-refractivity contribution is 5.81. The molecule has 4 fully saturated rings. The molecule has 0 N–H and O–H groups in total. The Labute approximate surface area is 162 Å². The minimum Gasteiger partial charge on any atom is -0.544 e. The van der Waals surface area contributed by atoms with Gasteiger partial charge < -0.3 is 19.4 Å². The van der Waals surface area contributed by atoms with Crippen LogP contribution in [0.25, 0.3) is 0 Å². The first-order valence-corrected chi connectivity index (χ1v) is 9.70. The number of hydrogen-bond acceptors (Lipinski definition) is 6. The molecule has 4 aliphatic rings. The third-order valence-corrected chi connectivity index (χ3v) is 6.79. The number of halogens is 2. The molecule has 0 aromatic heterocycles. The van der Waals surface area contributed by atoms with Crippen LogP contribution < -0.4 is 5.11 Å². The summed E-state index contributed by atoms with van der Waals surface area (Å²) in [5.74, 6) is -8.04. The Kier molecular flexibility index (Phi) is 4.99. The summed E-state index contributed by atoms with van der Waals surface area (Å²) in [6.45, 7) is 4.19. The maximum absolute atomic E-state index is 14.3. The van der Waals surface area contributed by atoms with Crippen LogP contribution in [0.3, 0.4) is 0 Å². The Morgan fingerprint density at radius 3 is 2.04 bits per heavy atom. The van der Waals surface area contributed by atoms with E-state index in [1.165, 1.54) is 27.9 Å². The molecule has 4 saturated carbocycles. The monoisotopic (exact) mass is 401 g/mol. The van der Waals surface area contributed by atoms with Crippen LogP contribution in [0.4, 0.5) is 8.78 Å². The Hall–Kier alpha value is -1.73. The van der Waals surface area contributed by atoms with Crippen LogP contribution in [-0.4, -0.2) is 37.0 Å². The maximum Gasteiger partial charge on any atom is 0.323 e. The summed E-state index contributed by atoms with van der Waals surface area (Å²) in [7, 11) is 1.34. The second-order valence-electron chi connectivity index (χ2n) is 9.86. The molecule has 158 valence electrons. The second-order valence-corrected chi connectivity index (χ2v) is 9.86. The van der Waals surface area contributed by atoms with Crippen LogP contribution in [0.15, 0.2) is 0 Å². The van der Waals surface area contributed by atoms with Crippen LogP contribution >= 0.6 is 0 Å². The van der Waals surface area contributed by atoms with Crippen LogP contribution in [0.2, 0.25) is 0 Å². The van der Waals surface area contributed by atoms with Gasteiger partial charge >= 0.3 is 17.9 Å². The SMILES string of the molecule is COC(=O)C1C2CC3CC1CC(C(=O)OC(C(C)(C)C)C(F)(F)C(=O)[O-])(C3)C2. The lowest BCUT2D eigenvalue weighted by molar-refractivity contribution is -0.340. The molecule has 0 aromatic rings. The molecular weight excluding hydrogens is 374 g/mol. The number of carbonyl (C=O) groups is 3. The van der Waals surface area contributed by atoms with Crippen LogP contribution in [0, 0.1) is 34.5 Å². The molecule has 0 radical (unpaired) electrons. The summed E-state index contributed by atoms with van der Waals surface area (Å²) < 4.78 is 38.7. The minimum absolute atomic E-state index is 0.0408. The van der Waals surface area contributed by atoms with Crippen molar-refractivity contribution < 1.29 is 37.7 Å². The number of alkyl halides is 2. The first-order valence-electron chi connectivity index (χ1n) is 9.70. The molecule has 0 spiro atoms. The van der Waals surface area contributed by atoms with E-state index < -0.39 is 34.8 Å². The smallest absolute Gasteiger partial charge is 0.323 e. The Morgan fingerprint density at radius 2 is 1.61 bits per heavy atom. The lowest BCUT2D eigenvalue weighted by Crippen LogP contribution is -2.60. The first-order chi connectivity index (χ1) is 12.8. The van der Waals surface area contributed by atoms with Crippen molar-refractivity contribution in [2.24, 2.45) is 34.5 Å². The maximum atomic E-state index is 14.3. The number of carboxylic acids is 1. The van der Waals surface area contributed by atoms with E-state index in [2.05, 4.69) is 0 Å². The van der Waals surface area contributed by atoms with Gasteiger partial charge in [0.1, 0.15) is 5.97 Å². The van der Waals surface area contributed by atoms with Gasteiger partial charge in [0.25, 0.3) is 0 Å². The van der Waals surface area contributed by atoms with E-state index >= 15 is 0 Å². The average Bonchev–Trinajstić information content (AvgIpc) is 2.56. The Morgan fingerprint density at radius 1 is 1.07 bits per heavy atom. The number of aliphatic carboxylic acids is 1. The third kappa shape index (κ3) is 3.28. The topological polar surface area (TPSA) is 92.7 Å². The number of hydrogen-bond donors (Lipinski definition) is 0. The van der Waals surface area contributed by atoms with Gasteiger partial charge in [-0.25, -0.2) is 0 Å². The molecule has 0 amide bonds. The van der Waals surface area contributed by atoms with Crippen LogP contribution in [-0.2, 0) is 23.9 Å². The molecule has 4 aliphatic carbocycles. The average molecular weight is 401 g/mol. The van der Waals surface area contributed by atoms with Gasteiger partial charge in [-0.2, -0.15) is 8.78 Å². The lowest BCUT2D eigenvalue weighted by atomic mass is 9.46. The van der Waals surface area contributed by atoms with Gasteiger partial charge in [0, 0.05) is 5.41 Å². The van der Waals surface area contributed by atoms with E-state index in [0.717, 1.165) is 12.8 Å². The second kappa shape index (κ2) is 6.66. The largest absolute Gasteiger partial charge is 0.544 e. The molecule has 4 rings (SSSR count). The van der Waals surface area contributed by atoms with E-state index in [-0.39, 0.29) is 29.6 Å². The highest BCUT2D eigenvalue weighted by Gasteiger charge is 2.62. The normalized spacial score (nSPS) is 35.4. The van der Waals surface area contributed by atoms with Crippen molar-refractivity contribution in [2.75, 3.05) is 7.11 Å². The van der Waals surface area contributed by atoms with Gasteiger partial charge in [0.15, 0.2) is 6.10 Å². The summed E-state index contributed by atoms with van der Waals surface area (Å²) >= 11 is 0. The fourth-order valence-electron chi connectivity index (χ4n) is 5.93. The summed E-state index contributed by atoms with van der Waals surface area (Å²) in [6, 6.07) is 0. The molecule has 0 heterocycles. The quantitative estimate of drug-likeness (QED) is 0.654. The number of carbonyl (C=O) groups excluding carboxylic acids is 3. The van der Waals surface area contributed by atoms with Gasteiger partial charge in [0.05, 0.1) is 18.4 Å². The molecular formula is C20H27F2O6-. The molecule has 8 heteroatoms. The molecule has 0 aromatic carbocycles. The molecule has 0 aliphatic heterocycles. The predicted octanol–water partition coefficient (Wildman–Crippen LogP) is 1.94. The van der Waals surface area contributed by atoms with E-state index in [1.54, 1.807) is 0 Å². The zero-order valence-electron chi connectivity index (χ0n) is 16.6. The third-order valence-electron chi connectivity index (χ3n) is 6.79. The number of methoxy groups -OCH3 is 1. The molecule has 3 atom stereocenters. The summed E-state index contributed by atoms with van der Waals surface area (Å²) in [6.07, 6.45) is 0.771. The number of esters is 2. The van der Waals surface area contributed by atoms with Crippen molar-refractivity contribution in [1.82, 2.24) is 0 Å². The summed E-state index contributed by atoms with van der Waals surface area (Å²) in [5.41, 5.74) is -2.23. The molecule has 6 nitrogen and oxygen atoms in total. The Balaban J connectivity index is 1.85. The molecule has 28 heavy (non-hydrogen) atoms. The fourth-order valence-corrected chi connectivity index (χ4v) is 5.93. The van der Waals surface area contributed by atoms with Gasteiger partial charge in [-0.3, -0.25) is 9.59 Å². The first kappa shape index (κ1) is 21.0. The molecule has 4 bridgehead atoms. The van der Waals surface area contributed by atoms with E-state index in [1.807, 2.05) is 0 Å². The van der Waals surface area contributed by atoms with Gasteiger partial charge in [-0.05, 0) is 49.9 Å². The molecule has 0 saturated heterocycles. The van der Waals surface area contributed by atoms with Gasteiger partial charge in [0.2, 0.25) is 0 Å². The van der Waals surface area contributed by atoms with Crippen molar-refractivity contribution in [2.45, 2.75) is 64.9 Å². The van der Waals surface area contributed by atoms with Crippen molar-refractivity contribution in [3.05, 3.63) is 0 Å². The van der Waals surface area contributed by atoms with E-state index in [9.17, 15) is 28.3 Å². The fraction of sp³-hybridized carbons (Fsp3) is 0.850. The highest BCUT2D eigenvalue weighted by atomic mass is 19.3. The minimum atomic E-state index is -4.30. The van der Waals surface area contributed by atoms with Crippen molar-refractivity contribution in [3.8, 4) is 0 Å². The van der Waals surface area contributed by atoms with Crippen molar-refractivity contribution in [1.29, 1.82) is 0 Å². The zero-order valence-corrected chi connectivity index (χ0v) is 16.6. The summed E-state index contributed by atoms with van der Waals surface area (Å²) in [4.78, 5) is 36.3. The van der Waals surface area contributed by atoms with Gasteiger partial charge in [-0.1, -0.05) is 20.8 Å². The molecule has 3 unspecified atom stereocenters. The number of ether oxygens (including phenoxy) is 2. The van der Waals surface area contributed by atoms with E-state index in [4.69, 9.17) is 9.47 Å². The predicted molar refractivity (Wildman–Crippen MR) is 90.8 cm³/mol. The number of carboxylic acid groups (broad SMARTS) is 1. The zero-order chi connectivity index (χ0) is 21.1. The van der Waals surface area contributed by atoms with E-state index in [0.29, 0.717) is 19.3 Å². The Bertz CT molecular complexity index is 667. The van der Waals surface area contributed by atoms with Gasteiger partial charge in [-0.15, -0.1) is 0 Å². The lowest BCUT2D eigenvalue weighted by Gasteiger charge is -2.58. The highest BCUT2D eigenvalue weighted by Crippen LogP contribution is 2.63. The standard InChI is InChI=1S/C20H28F2O6/c1-18(2,3)15(20(21,22)16(24)25)28-17(26)19-7-10-5-11(8-19)13(14(23)27-4)12(6-10)9-19/h10-13,15H,5-9H2,1-4H3,(H,24,25)/p-1.